The van der Waals surface area contributed by atoms with E-state index in [2.05, 4.69) is 111 Å². The number of carbonyl (C=O) groups excluding carboxylic acids is 2. The van der Waals surface area contributed by atoms with Gasteiger partial charge < -0.3 is 45.1 Å². The Morgan fingerprint density at radius 1 is 0.519 bits per heavy atom. The number of esters is 1. The number of hydrogen-bond donors (Lipinski definition) is 6. The smallest absolute Gasteiger partial charge is 0.306 e. The predicted octanol–water partition coefficient (Wildman–Crippen LogP) is 14.7. The van der Waals surface area contributed by atoms with E-state index in [0.29, 0.717) is 12.8 Å². The Morgan fingerprint density at radius 3 is 1.43 bits per heavy atom. The topological polar surface area (TPSA) is 175 Å². The summed E-state index contributed by atoms with van der Waals surface area (Å²) in [6.07, 6.45) is 60.1. The molecular formula is C66H113NO10. The Bertz CT molecular complexity index is 1620. The first-order valence-corrected chi connectivity index (χ1v) is 31.0. The van der Waals surface area contributed by atoms with Gasteiger partial charge in [-0.1, -0.05) is 234 Å². The number of carbonyl (C=O) groups is 2. The summed E-state index contributed by atoms with van der Waals surface area (Å²) >= 11 is 0. The van der Waals surface area contributed by atoms with Crippen LogP contribution in [0.5, 0.6) is 0 Å². The van der Waals surface area contributed by atoms with Crippen LogP contribution in [-0.4, -0.2) is 99.6 Å². The van der Waals surface area contributed by atoms with Crippen molar-refractivity contribution < 1.29 is 49.3 Å². The monoisotopic (exact) mass is 1080 g/mol. The van der Waals surface area contributed by atoms with Crippen LogP contribution in [0, 0.1) is 0 Å². The van der Waals surface area contributed by atoms with Gasteiger partial charge in [-0.15, -0.1) is 0 Å². The van der Waals surface area contributed by atoms with Crippen molar-refractivity contribution in [1.29, 1.82) is 0 Å². The summed E-state index contributed by atoms with van der Waals surface area (Å²) in [6, 6.07) is -1.04. The van der Waals surface area contributed by atoms with Gasteiger partial charge in [0.1, 0.15) is 24.4 Å². The molecule has 11 heteroatoms. The second-order valence-electron chi connectivity index (χ2n) is 21.0. The predicted molar refractivity (Wildman–Crippen MR) is 319 cm³/mol. The van der Waals surface area contributed by atoms with Crippen LogP contribution < -0.4 is 5.32 Å². The number of ether oxygens (including phenoxy) is 3. The number of allylic oxidation sites excluding steroid dienone is 15. The van der Waals surface area contributed by atoms with E-state index in [9.17, 15) is 35.1 Å². The third-order valence-electron chi connectivity index (χ3n) is 14.0. The number of hydrogen-bond acceptors (Lipinski definition) is 10. The molecule has 0 aromatic carbocycles. The van der Waals surface area contributed by atoms with Gasteiger partial charge in [-0.3, -0.25) is 9.59 Å². The Morgan fingerprint density at radius 2 is 0.935 bits per heavy atom. The molecule has 0 saturated carbocycles. The van der Waals surface area contributed by atoms with Crippen molar-refractivity contribution in [1.82, 2.24) is 5.32 Å². The fraction of sp³-hybridized carbons (Fsp3) is 0.727. The first-order chi connectivity index (χ1) is 37.7. The van der Waals surface area contributed by atoms with Crippen LogP contribution in [0.25, 0.3) is 0 Å². The molecule has 1 saturated heterocycles. The number of amides is 1. The van der Waals surface area contributed by atoms with Crippen molar-refractivity contribution in [3.8, 4) is 0 Å². The molecule has 8 unspecified atom stereocenters. The SMILES string of the molecule is CC/C=C\C/C=C\C/C=C\C/C=C\C/C=C\C/C=C\CCCCC(=O)OC1C(OCC(NC(=O)C(O)CCCCCCCC/C=C\CCCCCC)C(O)/C=C/CCCCCCCCCCCCC)OC(CO)C(O)C1O. The minimum atomic E-state index is -1.64. The number of unbranched alkanes of at least 4 members (excludes halogenated alkanes) is 23. The molecule has 1 fully saturated rings. The van der Waals surface area contributed by atoms with Crippen LogP contribution in [0.1, 0.15) is 245 Å². The van der Waals surface area contributed by atoms with Gasteiger partial charge in [-0.2, -0.15) is 0 Å². The molecule has 0 radical (unpaired) electrons. The van der Waals surface area contributed by atoms with Crippen molar-refractivity contribution in [2.75, 3.05) is 13.2 Å². The molecule has 1 aliphatic heterocycles. The first kappa shape index (κ1) is 71.6. The molecule has 1 rings (SSSR count). The first-order valence-electron chi connectivity index (χ1n) is 31.0. The minimum Gasteiger partial charge on any atom is -0.454 e. The lowest BCUT2D eigenvalue weighted by molar-refractivity contribution is -0.305. The maximum Gasteiger partial charge on any atom is 0.306 e. The molecule has 0 aromatic heterocycles. The fourth-order valence-corrected chi connectivity index (χ4v) is 9.06. The molecule has 0 aliphatic carbocycles. The summed E-state index contributed by atoms with van der Waals surface area (Å²) < 4.78 is 17.6. The maximum atomic E-state index is 13.4. The standard InChI is InChI=1S/C66H113NO10/c1-4-7-10-13-16-19-22-25-27-28-29-30-31-32-33-36-39-42-45-48-51-54-61(71)77-64-63(73)62(72)60(55-68)76-66(64)75-56-57(58(69)52-49-46-43-40-37-34-24-21-18-15-12-9-6-3)67-65(74)59(70)53-50-47-44-41-38-35-26-23-20-17-14-11-8-5-2/h7,10,16,19-20,23,25,27,29-30,32-33,39,42,49,52,57-60,62-64,66,68-70,72-73H,4-6,8-9,11-15,17-18,21-22,24,26,28,31,34-38,40-41,43-48,50-51,53-56H2,1-3H3,(H,67,74)/b10-7-,19-16-,23-20-,27-25-,30-29-,33-32-,42-39-,52-49+. The summed E-state index contributed by atoms with van der Waals surface area (Å²) in [4.78, 5) is 26.5. The lowest BCUT2D eigenvalue weighted by Crippen LogP contribution is -2.61. The second-order valence-corrected chi connectivity index (χ2v) is 21.0. The average Bonchev–Trinajstić information content (AvgIpc) is 3.43. The van der Waals surface area contributed by atoms with E-state index in [1.54, 1.807) is 6.08 Å². The highest BCUT2D eigenvalue weighted by Crippen LogP contribution is 2.26. The molecule has 6 N–H and O–H groups in total. The lowest BCUT2D eigenvalue weighted by atomic mass is 9.99. The minimum absolute atomic E-state index is 0.0637. The van der Waals surface area contributed by atoms with E-state index in [0.717, 1.165) is 109 Å². The number of aliphatic hydroxyl groups is 5. The van der Waals surface area contributed by atoms with Crippen LogP contribution in [-0.2, 0) is 23.8 Å². The molecule has 0 spiro atoms. The zero-order chi connectivity index (χ0) is 56.1. The van der Waals surface area contributed by atoms with Crippen molar-refractivity contribution in [2.45, 2.75) is 294 Å². The van der Waals surface area contributed by atoms with E-state index < -0.39 is 67.4 Å². The fourth-order valence-electron chi connectivity index (χ4n) is 9.06. The summed E-state index contributed by atoms with van der Waals surface area (Å²) in [6.45, 7) is 5.63. The molecule has 8 atom stereocenters. The van der Waals surface area contributed by atoms with Crippen molar-refractivity contribution in [3.63, 3.8) is 0 Å². The van der Waals surface area contributed by atoms with Gasteiger partial charge in [0.25, 0.3) is 0 Å². The van der Waals surface area contributed by atoms with Gasteiger partial charge in [0.05, 0.1) is 25.4 Å². The van der Waals surface area contributed by atoms with Crippen LogP contribution in [0.3, 0.4) is 0 Å². The highest BCUT2D eigenvalue weighted by atomic mass is 16.7. The lowest BCUT2D eigenvalue weighted by Gasteiger charge is -2.41. The quantitative estimate of drug-likeness (QED) is 0.0195. The van der Waals surface area contributed by atoms with Crippen molar-refractivity contribution >= 4 is 11.9 Å². The Kier molecular flexibility index (Phi) is 49.5. The van der Waals surface area contributed by atoms with Crippen LogP contribution in [0.4, 0.5) is 0 Å². The van der Waals surface area contributed by atoms with Gasteiger partial charge in [-0.25, -0.2) is 0 Å². The zero-order valence-corrected chi connectivity index (χ0v) is 48.8. The molecule has 11 nitrogen and oxygen atoms in total. The van der Waals surface area contributed by atoms with Gasteiger partial charge in [0.2, 0.25) is 5.91 Å². The molecule has 0 aromatic rings. The molecule has 1 amide bonds. The van der Waals surface area contributed by atoms with E-state index in [1.165, 1.54) is 89.9 Å². The summed E-state index contributed by atoms with van der Waals surface area (Å²) in [7, 11) is 0. The summed E-state index contributed by atoms with van der Waals surface area (Å²) in [5, 5.41) is 57.0. The normalized spacial score (nSPS) is 19.7. The largest absolute Gasteiger partial charge is 0.454 e. The number of rotatable bonds is 51. The van der Waals surface area contributed by atoms with Crippen molar-refractivity contribution in [3.05, 3.63) is 97.2 Å². The van der Waals surface area contributed by atoms with E-state index in [-0.39, 0.29) is 19.4 Å². The zero-order valence-electron chi connectivity index (χ0n) is 48.8. The molecule has 0 bridgehead atoms. The van der Waals surface area contributed by atoms with Gasteiger partial charge in [0.15, 0.2) is 12.4 Å². The maximum absolute atomic E-state index is 13.4. The van der Waals surface area contributed by atoms with Crippen LogP contribution in [0.2, 0.25) is 0 Å². The summed E-state index contributed by atoms with van der Waals surface area (Å²) in [5.41, 5.74) is 0. The third kappa shape index (κ3) is 41.3. The highest BCUT2D eigenvalue weighted by Gasteiger charge is 2.47. The van der Waals surface area contributed by atoms with Crippen molar-refractivity contribution in [2.24, 2.45) is 0 Å². The highest BCUT2D eigenvalue weighted by molar-refractivity contribution is 5.80. The Hall–Kier alpha value is -3.42. The molecule has 1 heterocycles. The van der Waals surface area contributed by atoms with Crippen LogP contribution >= 0.6 is 0 Å². The van der Waals surface area contributed by atoms with E-state index in [1.807, 2.05) is 6.08 Å². The van der Waals surface area contributed by atoms with E-state index in [4.69, 9.17) is 14.2 Å². The number of aliphatic hydroxyl groups excluding tert-OH is 5. The second kappa shape index (κ2) is 53.2. The third-order valence-corrected chi connectivity index (χ3v) is 14.0. The van der Waals surface area contributed by atoms with Gasteiger partial charge >= 0.3 is 5.97 Å². The summed E-state index contributed by atoms with van der Waals surface area (Å²) in [5.74, 6) is -1.25. The molecule has 442 valence electrons. The molecular weight excluding hydrogens is 967 g/mol. The van der Waals surface area contributed by atoms with Crippen LogP contribution in [0.15, 0.2) is 97.2 Å². The molecule has 77 heavy (non-hydrogen) atoms. The van der Waals surface area contributed by atoms with Gasteiger partial charge in [-0.05, 0) is 103 Å². The Balaban J connectivity index is 2.72. The average molecular weight is 1080 g/mol. The number of nitrogens with one attached hydrogen (secondary N) is 1. The van der Waals surface area contributed by atoms with Gasteiger partial charge in [0, 0.05) is 6.42 Å². The molecule has 1 aliphatic rings. The Labute approximate surface area is 469 Å². The van der Waals surface area contributed by atoms with E-state index >= 15 is 0 Å².